The number of benzene rings is 1. The van der Waals surface area contributed by atoms with Crippen LogP contribution in [0.1, 0.15) is 12.5 Å². The van der Waals surface area contributed by atoms with Gasteiger partial charge in [-0.1, -0.05) is 23.9 Å². The Labute approximate surface area is 105 Å². The van der Waals surface area contributed by atoms with E-state index in [1.54, 1.807) is 24.3 Å². The van der Waals surface area contributed by atoms with Gasteiger partial charge in [0.05, 0.1) is 0 Å². The van der Waals surface area contributed by atoms with Crippen molar-refractivity contribution in [1.82, 2.24) is 9.97 Å². The summed E-state index contributed by atoms with van der Waals surface area (Å²) in [5.74, 6) is 0. The van der Waals surface area contributed by atoms with Crippen molar-refractivity contribution in [3.05, 3.63) is 48.4 Å². The first-order valence-electron chi connectivity index (χ1n) is 5.52. The molecule has 0 aliphatic rings. The number of nitrogens with zero attached hydrogens (tertiary/aromatic N) is 2. The molecule has 0 aliphatic carbocycles. The first-order chi connectivity index (χ1) is 8.24. The molecule has 0 fully saturated rings. The number of hydrogen-bond acceptors (Lipinski definition) is 4. The third-order valence-corrected chi connectivity index (χ3v) is 3.22. The maximum Gasteiger partial charge on any atom is 0.116 e. The van der Waals surface area contributed by atoms with E-state index in [0.29, 0.717) is 0 Å². The maximum absolute atomic E-state index is 5.76. The van der Waals surface area contributed by atoms with Crippen LogP contribution >= 0.6 is 11.8 Å². The third-order valence-electron chi connectivity index (χ3n) is 2.26. The zero-order chi connectivity index (χ0) is 12.1. The minimum absolute atomic E-state index is 0.204. The number of aromatic nitrogens is 2. The molecule has 0 bridgehead atoms. The van der Waals surface area contributed by atoms with Gasteiger partial charge in [-0.3, -0.25) is 0 Å². The summed E-state index contributed by atoms with van der Waals surface area (Å²) in [5, 5.41) is 0.958. The summed E-state index contributed by atoms with van der Waals surface area (Å²) < 4.78 is 0. The molecular weight excluding hydrogens is 230 g/mol. The van der Waals surface area contributed by atoms with E-state index in [4.69, 9.17) is 5.73 Å². The Bertz CT molecular complexity index is 454. The lowest BCUT2D eigenvalue weighted by Gasteiger charge is -2.06. The van der Waals surface area contributed by atoms with Crippen LogP contribution in [0.4, 0.5) is 0 Å². The van der Waals surface area contributed by atoms with Crippen LogP contribution < -0.4 is 5.73 Å². The summed E-state index contributed by atoms with van der Waals surface area (Å²) >= 11 is 1.63. The summed E-state index contributed by atoms with van der Waals surface area (Å²) in [4.78, 5) is 9.25. The smallest absolute Gasteiger partial charge is 0.116 e. The number of rotatable bonds is 4. The minimum atomic E-state index is 0.204. The van der Waals surface area contributed by atoms with Gasteiger partial charge in [0.15, 0.2) is 0 Å². The number of hydrogen-bond donors (Lipinski definition) is 1. The molecule has 88 valence electrons. The van der Waals surface area contributed by atoms with Crippen LogP contribution in [0, 0.1) is 0 Å². The molecule has 0 saturated heterocycles. The van der Waals surface area contributed by atoms with Crippen LogP contribution in [0.2, 0.25) is 0 Å². The molecule has 2 aromatic rings. The van der Waals surface area contributed by atoms with E-state index in [9.17, 15) is 0 Å². The van der Waals surface area contributed by atoms with Gasteiger partial charge in [0.25, 0.3) is 0 Å². The van der Waals surface area contributed by atoms with Crippen molar-refractivity contribution in [2.75, 3.05) is 0 Å². The molecule has 0 saturated carbocycles. The van der Waals surface area contributed by atoms with Crippen molar-refractivity contribution in [2.24, 2.45) is 5.73 Å². The quantitative estimate of drug-likeness (QED) is 0.841. The Hall–Kier alpha value is -1.39. The molecule has 0 spiro atoms. The van der Waals surface area contributed by atoms with Gasteiger partial charge in [0, 0.05) is 17.1 Å². The van der Waals surface area contributed by atoms with Crippen molar-refractivity contribution in [2.45, 2.75) is 29.3 Å². The first-order valence-corrected chi connectivity index (χ1v) is 6.34. The predicted molar refractivity (Wildman–Crippen MR) is 70.0 cm³/mol. The second-order valence-corrected chi connectivity index (χ2v) is 5.07. The van der Waals surface area contributed by atoms with Crippen LogP contribution in [0.25, 0.3) is 0 Å². The van der Waals surface area contributed by atoms with Crippen LogP contribution in [-0.2, 0) is 6.42 Å². The van der Waals surface area contributed by atoms with Crippen molar-refractivity contribution < 1.29 is 0 Å². The summed E-state index contributed by atoms with van der Waals surface area (Å²) in [6.07, 6.45) is 4.23. The summed E-state index contributed by atoms with van der Waals surface area (Å²) in [7, 11) is 0. The van der Waals surface area contributed by atoms with E-state index in [1.807, 2.05) is 13.0 Å². The van der Waals surface area contributed by atoms with Crippen molar-refractivity contribution in [1.29, 1.82) is 0 Å². The lowest BCUT2D eigenvalue weighted by molar-refractivity contribution is 0.737. The van der Waals surface area contributed by atoms with Crippen LogP contribution in [0.5, 0.6) is 0 Å². The summed E-state index contributed by atoms with van der Waals surface area (Å²) in [6.45, 7) is 2.02. The normalized spacial score (nSPS) is 12.4. The average Bonchev–Trinajstić information content (AvgIpc) is 2.32. The lowest BCUT2D eigenvalue weighted by atomic mass is 10.1. The molecule has 0 aliphatic heterocycles. The fourth-order valence-corrected chi connectivity index (χ4v) is 2.27. The van der Waals surface area contributed by atoms with E-state index in [2.05, 4.69) is 34.2 Å². The van der Waals surface area contributed by atoms with Crippen molar-refractivity contribution in [3.8, 4) is 0 Å². The fourth-order valence-electron chi connectivity index (χ4n) is 1.53. The molecule has 1 heterocycles. The monoisotopic (exact) mass is 245 g/mol. The highest BCUT2D eigenvalue weighted by atomic mass is 32.2. The highest BCUT2D eigenvalue weighted by Gasteiger charge is 2.00. The van der Waals surface area contributed by atoms with Crippen LogP contribution in [-0.4, -0.2) is 16.0 Å². The van der Waals surface area contributed by atoms with Gasteiger partial charge in [-0.05, 0) is 37.1 Å². The van der Waals surface area contributed by atoms with Crippen LogP contribution in [0.3, 0.4) is 0 Å². The van der Waals surface area contributed by atoms with Crippen molar-refractivity contribution >= 4 is 11.8 Å². The molecule has 0 amide bonds. The first kappa shape index (κ1) is 12.1. The Morgan fingerprint density at radius 1 is 1.24 bits per heavy atom. The van der Waals surface area contributed by atoms with E-state index in [-0.39, 0.29) is 6.04 Å². The average molecular weight is 245 g/mol. The molecule has 3 nitrogen and oxygen atoms in total. The zero-order valence-corrected chi connectivity index (χ0v) is 10.5. The highest BCUT2D eigenvalue weighted by Crippen LogP contribution is 2.25. The van der Waals surface area contributed by atoms with E-state index < -0.39 is 0 Å². The standard InChI is InChI=1S/C13H15N3S/c1-10(14)8-11-2-4-12(5-3-11)17-13-6-7-15-9-16-13/h2-7,9-10H,8,14H2,1H3. The molecule has 2 rings (SSSR count). The van der Waals surface area contributed by atoms with Gasteiger partial charge in [0.2, 0.25) is 0 Å². The second-order valence-electron chi connectivity index (χ2n) is 3.98. The SMILES string of the molecule is CC(N)Cc1ccc(Sc2ccncn2)cc1. The van der Waals surface area contributed by atoms with Gasteiger partial charge in [-0.2, -0.15) is 0 Å². The molecular formula is C13H15N3S. The minimum Gasteiger partial charge on any atom is -0.328 e. The second kappa shape index (κ2) is 5.80. The molecule has 1 atom stereocenters. The molecule has 1 aromatic heterocycles. The molecule has 2 N–H and O–H groups in total. The van der Waals surface area contributed by atoms with Gasteiger partial charge < -0.3 is 5.73 Å². The summed E-state index contributed by atoms with van der Waals surface area (Å²) in [6, 6.07) is 10.5. The predicted octanol–water partition coefficient (Wildman–Crippen LogP) is 2.52. The number of nitrogens with two attached hydrogens (primary N) is 1. The van der Waals surface area contributed by atoms with Crippen molar-refractivity contribution in [3.63, 3.8) is 0 Å². The molecule has 1 aromatic carbocycles. The largest absolute Gasteiger partial charge is 0.328 e. The van der Waals surface area contributed by atoms with Gasteiger partial charge in [0.1, 0.15) is 11.4 Å². The zero-order valence-electron chi connectivity index (χ0n) is 9.71. The lowest BCUT2D eigenvalue weighted by Crippen LogP contribution is -2.17. The van der Waals surface area contributed by atoms with Gasteiger partial charge >= 0.3 is 0 Å². The van der Waals surface area contributed by atoms with E-state index in [1.165, 1.54) is 10.5 Å². The Morgan fingerprint density at radius 3 is 2.59 bits per heavy atom. The molecule has 1 unspecified atom stereocenters. The maximum atomic E-state index is 5.76. The molecule has 0 radical (unpaired) electrons. The third kappa shape index (κ3) is 3.84. The Kier molecular flexibility index (Phi) is 4.12. The Balaban J connectivity index is 2.03. The molecule has 4 heteroatoms. The topological polar surface area (TPSA) is 51.8 Å². The fraction of sp³-hybridized carbons (Fsp3) is 0.231. The van der Waals surface area contributed by atoms with Crippen LogP contribution in [0.15, 0.2) is 52.8 Å². The van der Waals surface area contributed by atoms with E-state index >= 15 is 0 Å². The molecule has 17 heavy (non-hydrogen) atoms. The van der Waals surface area contributed by atoms with Gasteiger partial charge in [-0.25, -0.2) is 9.97 Å². The van der Waals surface area contributed by atoms with Gasteiger partial charge in [-0.15, -0.1) is 0 Å². The Morgan fingerprint density at radius 2 is 2.00 bits per heavy atom. The van der Waals surface area contributed by atoms with E-state index in [0.717, 1.165) is 11.4 Å². The highest BCUT2D eigenvalue weighted by molar-refractivity contribution is 7.99. The summed E-state index contributed by atoms with van der Waals surface area (Å²) in [5.41, 5.74) is 7.03.